The molecule has 0 heterocycles. The Kier molecular flexibility index (Phi) is 8.55. The monoisotopic (exact) mass is 351 g/mol. The topological polar surface area (TPSA) is 70.2 Å². The minimum absolute atomic E-state index is 0.0378. The Morgan fingerprint density at radius 1 is 1.08 bits per heavy atom. The van der Waals surface area contributed by atoms with E-state index in [2.05, 4.69) is 29.8 Å². The van der Waals surface area contributed by atoms with Crippen LogP contribution in [0.3, 0.4) is 0 Å². The third kappa shape index (κ3) is 9.19. The Bertz CT molecular complexity index is 556. The highest BCUT2D eigenvalue weighted by Crippen LogP contribution is 2.08. The summed E-state index contributed by atoms with van der Waals surface area (Å²) in [7, 11) is 0. The molecule has 0 aliphatic carbocycles. The van der Waals surface area contributed by atoms with Crippen molar-refractivity contribution in [3.8, 4) is 0 Å². The first-order valence-corrected chi connectivity index (χ1v) is 8.75. The Morgan fingerprint density at radius 2 is 1.72 bits per heavy atom. The standard InChI is InChI=1S/C19H30FN3O2/c1-14(2)13-22-17(24)12-19(3,4)23-11-5-10-21-18(25)15-6-8-16(20)9-7-15/h6-9,14,23H,5,10-13H2,1-4H3,(H,21,25)(H,22,24). The molecule has 0 bridgehead atoms. The number of benzene rings is 1. The average molecular weight is 351 g/mol. The second-order valence-corrected chi connectivity index (χ2v) is 7.30. The molecule has 25 heavy (non-hydrogen) atoms. The normalized spacial score (nSPS) is 11.4. The molecule has 140 valence electrons. The van der Waals surface area contributed by atoms with Crippen molar-refractivity contribution in [3.05, 3.63) is 35.6 Å². The minimum atomic E-state index is -0.361. The first kappa shape index (κ1) is 21.1. The van der Waals surface area contributed by atoms with Crippen molar-refractivity contribution in [2.75, 3.05) is 19.6 Å². The molecule has 0 spiro atoms. The van der Waals surface area contributed by atoms with Gasteiger partial charge in [0.05, 0.1) is 0 Å². The van der Waals surface area contributed by atoms with Gasteiger partial charge in [-0.3, -0.25) is 9.59 Å². The van der Waals surface area contributed by atoms with Crippen molar-refractivity contribution in [1.29, 1.82) is 0 Å². The van der Waals surface area contributed by atoms with E-state index < -0.39 is 0 Å². The smallest absolute Gasteiger partial charge is 0.251 e. The third-order valence-electron chi connectivity index (χ3n) is 3.66. The van der Waals surface area contributed by atoms with Gasteiger partial charge in [-0.15, -0.1) is 0 Å². The third-order valence-corrected chi connectivity index (χ3v) is 3.66. The maximum Gasteiger partial charge on any atom is 0.251 e. The lowest BCUT2D eigenvalue weighted by Crippen LogP contribution is -2.45. The van der Waals surface area contributed by atoms with Crippen LogP contribution in [0.15, 0.2) is 24.3 Å². The summed E-state index contributed by atoms with van der Waals surface area (Å²) in [5, 5.41) is 9.05. The number of rotatable bonds is 10. The molecule has 0 aromatic heterocycles. The summed E-state index contributed by atoms with van der Waals surface area (Å²) in [6, 6.07) is 5.45. The van der Waals surface area contributed by atoms with E-state index in [-0.39, 0.29) is 23.2 Å². The summed E-state index contributed by atoms with van der Waals surface area (Å²) in [5.41, 5.74) is 0.138. The largest absolute Gasteiger partial charge is 0.356 e. The fraction of sp³-hybridized carbons (Fsp3) is 0.579. The van der Waals surface area contributed by atoms with Crippen molar-refractivity contribution < 1.29 is 14.0 Å². The van der Waals surface area contributed by atoms with Crippen molar-refractivity contribution >= 4 is 11.8 Å². The molecule has 3 N–H and O–H groups in total. The molecule has 1 aromatic rings. The Balaban J connectivity index is 2.22. The van der Waals surface area contributed by atoms with Crippen LogP contribution in [0.2, 0.25) is 0 Å². The summed E-state index contributed by atoms with van der Waals surface area (Å²) in [6.45, 7) is 9.98. The van der Waals surface area contributed by atoms with Crippen LogP contribution in [-0.4, -0.2) is 37.0 Å². The van der Waals surface area contributed by atoms with Gasteiger partial charge in [-0.05, 0) is 57.0 Å². The van der Waals surface area contributed by atoms with Gasteiger partial charge in [0, 0.05) is 30.6 Å². The maximum atomic E-state index is 12.8. The number of carbonyl (C=O) groups excluding carboxylic acids is 2. The molecule has 6 heteroatoms. The van der Waals surface area contributed by atoms with Crippen molar-refractivity contribution in [3.63, 3.8) is 0 Å². The van der Waals surface area contributed by atoms with E-state index >= 15 is 0 Å². The molecule has 0 fully saturated rings. The molecule has 2 amide bonds. The molecular formula is C19H30FN3O2. The molecule has 0 aliphatic heterocycles. The quantitative estimate of drug-likeness (QED) is 0.567. The maximum absolute atomic E-state index is 12.8. The first-order valence-electron chi connectivity index (χ1n) is 8.75. The predicted octanol–water partition coefficient (Wildman–Crippen LogP) is 2.48. The van der Waals surface area contributed by atoms with Gasteiger partial charge in [0.2, 0.25) is 5.91 Å². The molecule has 1 rings (SSSR count). The van der Waals surface area contributed by atoms with Gasteiger partial charge in [-0.1, -0.05) is 13.8 Å². The van der Waals surface area contributed by atoms with Gasteiger partial charge in [0.15, 0.2) is 0 Å². The number of hydrogen-bond acceptors (Lipinski definition) is 3. The van der Waals surface area contributed by atoms with E-state index in [9.17, 15) is 14.0 Å². The van der Waals surface area contributed by atoms with E-state index in [4.69, 9.17) is 0 Å². The molecule has 1 aromatic carbocycles. The molecule has 0 atom stereocenters. The number of nitrogens with one attached hydrogen (secondary N) is 3. The van der Waals surface area contributed by atoms with Gasteiger partial charge in [0.1, 0.15) is 5.82 Å². The lowest BCUT2D eigenvalue weighted by Gasteiger charge is -2.26. The zero-order chi connectivity index (χ0) is 18.9. The summed E-state index contributed by atoms with van der Waals surface area (Å²) in [5.74, 6) is -0.103. The molecule has 0 saturated heterocycles. The predicted molar refractivity (Wildman–Crippen MR) is 97.9 cm³/mol. The van der Waals surface area contributed by atoms with Gasteiger partial charge in [-0.25, -0.2) is 4.39 Å². The zero-order valence-electron chi connectivity index (χ0n) is 15.6. The number of carbonyl (C=O) groups is 2. The van der Waals surface area contributed by atoms with E-state index in [0.717, 1.165) is 6.42 Å². The minimum Gasteiger partial charge on any atom is -0.356 e. The second-order valence-electron chi connectivity index (χ2n) is 7.30. The Hall–Kier alpha value is -1.95. The second kappa shape index (κ2) is 10.1. The lowest BCUT2D eigenvalue weighted by atomic mass is 10.00. The molecule has 0 saturated carbocycles. The number of halogens is 1. The van der Waals surface area contributed by atoms with Crippen molar-refractivity contribution in [2.45, 2.75) is 46.1 Å². The van der Waals surface area contributed by atoms with E-state index in [1.54, 1.807) is 0 Å². The number of hydrogen-bond donors (Lipinski definition) is 3. The Labute approximate surface area is 149 Å². The molecule has 5 nitrogen and oxygen atoms in total. The zero-order valence-corrected chi connectivity index (χ0v) is 15.6. The van der Waals surface area contributed by atoms with Crippen LogP contribution in [-0.2, 0) is 4.79 Å². The van der Waals surface area contributed by atoms with Gasteiger partial charge in [-0.2, -0.15) is 0 Å². The van der Waals surface area contributed by atoms with Crippen LogP contribution in [0.1, 0.15) is 50.9 Å². The van der Waals surface area contributed by atoms with Crippen LogP contribution in [0.5, 0.6) is 0 Å². The van der Waals surface area contributed by atoms with Crippen LogP contribution in [0.25, 0.3) is 0 Å². The highest BCUT2D eigenvalue weighted by molar-refractivity contribution is 5.94. The number of amides is 2. The molecular weight excluding hydrogens is 321 g/mol. The van der Waals surface area contributed by atoms with E-state index in [1.165, 1.54) is 24.3 Å². The van der Waals surface area contributed by atoms with Gasteiger partial charge in [0.25, 0.3) is 5.91 Å². The van der Waals surface area contributed by atoms with Crippen LogP contribution >= 0.6 is 0 Å². The van der Waals surface area contributed by atoms with Crippen LogP contribution in [0, 0.1) is 11.7 Å². The lowest BCUT2D eigenvalue weighted by molar-refractivity contribution is -0.122. The fourth-order valence-corrected chi connectivity index (χ4v) is 2.26. The summed E-state index contributed by atoms with van der Waals surface area (Å²) in [6.07, 6.45) is 1.14. The van der Waals surface area contributed by atoms with Gasteiger partial charge >= 0.3 is 0 Å². The molecule has 0 unspecified atom stereocenters. The summed E-state index contributed by atoms with van der Waals surface area (Å²) in [4.78, 5) is 23.8. The van der Waals surface area contributed by atoms with Crippen LogP contribution in [0.4, 0.5) is 4.39 Å². The van der Waals surface area contributed by atoms with Crippen molar-refractivity contribution in [1.82, 2.24) is 16.0 Å². The average Bonchev–Trinajstić information content (AvgIpc) is 2.52. The van der Waals surface area contributed by atoms with E-state index in [1.807, 2.05) is 13.8 Å². The fourth-order valence-electron chi connectivity index (χ4n) is 2.26. The summed E-state index contributed by atoms with van der Waals surface area (Å²) >= 11 is 0. The Morgan fingerprint density at radius 3 is 2.32 bits per heavy atom. The molecule has 0 radical (unpaired) electrons. The van der Waals surface area contributed by atoms with Crippen LogP contribution < -0.4 is 16.0 Å². The first-order chi connectivity index (χ1) is 11.7. The highest BCUT2D eigenvalue weighted by atomic mass is 19.1. The van der Waals surface area contributed by atoms with Gasteiger partial charge < -0.3 is 16.0 Å². The SMILES string of the molecule is CC(C)CNC(=O)CC(C)(C)NCCCNC(=O)c1ccc(F)cc1. The molecule has 0 aliphatic rings. The summed E-state index contributed by atoms with van der Waals surface area (Å²) < 4.78 is 12.8. The highest BCUT2D eigenvalue weighted by Gasteiger charge is 2.20. The van der Waals surface area contributed by atoms with E-state index in [0.29, 0.717) is 37.5 Å². The van der Waals surface area contributed by atoms with Crippen molar-refractivity contribution in [2.24, 2.45) is 5.92 Å².